The highest BCUT2D eigenvalue weighted by Gasteiger charge is 2.57. The quantitative estimate of drug-likeness (QED) is 0.638. The number of fused-ring (bicyclic) bond motifs is 1. The molecule has 4 nitrogen and oxygen atoms in total. The molecule has 0 aromatic rings. The van der Waals surface area contributed by atoms with Gasteiger partial charge in [0, 0.05) is 12.8 Å². The normalized spacial score (nSPS) is 42.4. The van der Waals surface area contributed by atoms with Crippen molar-refractivity contribution in [2.24, 2.45) is 11.8 Å². The topological polar surface area (TPSA) is 52.6 Å². The lowest BCUT2D eigenvalue weighted by molar-refractivity contribution is -0.172. The maximum atomic E-state index is 11.8. The van der Waals surface area contributed by atoms with Crippen LogP contribution in [0.5, 0.6) is 0 Å². The molecule has 0 spiro atoms. The van der Waals surface area contributed by atoms with Gasteiger partial charge in [-0.1, -0.05) is 13.3 Å². The molecular formula is C12H18O4. The van der Waals surface area contributed by atoms with Crippen molar-refractivity contribution in [2.75, 3.05) is 0 Å². The Hall–Kier alpha value is -1.06. The van der Waals surface area contributed by atoms with Crippen LogP contribution in [0.15, 0.2) is 0 Å². The summed E-state index contributed by atoms with van der Waals surface area (Å²) in [5.41, 5.74) is -1.06. The highest BCUT2D eigenvalue weighted by atomic mass is 16.6. The van der Waals surface area contributed by atoms with E-state index in [1.54, 1.807) is 6.92 Å². The Morgan fingerprint density at radius 1 is 1.50 bits per heavy atom. The van der Waals surface area contributed by atoms with E-state index in [1.165, 1.54) is 6.92 Å². The lowest BCUT2D eigenvalue weighted by Crippen LogP contribution is -2.44. The van der Waals surface area contributed by atoms with E-state index in [0.29, 0.717) is 5.92 Å². The second-order valence-electron chi connectivity index (χ2n) is 5.17. The summed E-state index contributed by atoms with van der Waals surface area (Å²) >= 11 is 0. The first-order valence-electron chi connectivity index (χ1n) is 5.84. The summed E-state index contributed by atoms with van der Waals surface area (Å²) in [7, 11) is 0. The first-order valence-corrected chi connectivity index (χ1v) is 5.84. The van der Waals surface area contributed by atoms with Gasteiger partial charge in [0.1, 0.15) is 6.10 Å². The second kappa shape index (κ2) is 3.75. The average Bonchev–Trinajstić information content (AvgIpc) is 2.37. The third kappa shape index (κ3) is 1.70. The predicted octanol–water partition coefficient (Wildman–Crippen LogP) is 1.67. The summed E-state index contributed by atoms with van der Waals surface area (Å²) in [4.78, 5) is 22.9. The van der Waals surface area contributed by atoms with Crippen molar-refractivity contribution in [3.05, 3.63) is 0 Å². The molecular weight excluding hydrogens is 208 g/mol. The van der Waals surface area contributed by atoms with Gasteiger partial charge >= 0.3 is 11.9 Å². The molecule has 0 N–H and O–H groups in total. The number of hydrogen-bond acceptors (Lipinski definition) is 4. The van der Waals surface area contributed by atoms with Crippen molar-refractivity contribution in [1.82, 2.24) is 0 Å². The SMILES string of the molecule is CC(=O)O[C@@]1(C)C(=O)O[C@@H]2C[C@H](C)CC[C@H]21. The van der Waals surface area contributed by atoms with Crippen LogP contribution >= 0.6 is 0 Å². The van der Waals surface area contributed by atoms with Crippen LogP contribution in [0.3, 0.4) is 0 Å². The van der Waals surface area contributed by atoms with Gasteiger partial charge in [0.2, 0.25) is 5.60 Å². The summed E-state index contributed by atoms with van der Waals surface area (Å²) in [5, 5.41) is 0. The molecule has 0 bridgehead atoms. The zero-order chi connectivity index (χ0) is 11.9. The molecule has 2 fully saturated rings. The average molecular weight is 226 g/mol. The lowest BCUT2D eigenvalue weighted by Gasteiger charge is -2.33. The maximum absolute atomic E-state index is 11.8. The molecule has 1 saturated carbocycles. The fourth-order valence-electron chi connectivity index (χ4n) is 2.91. The van der Waals surface area contributed by atoms with E-state index >= 15 is 0 Å². The molecule has 1 aliphatic heterocycles. The Kier molecular flexibility index (Phi) is 2.68. The van der Waals surface area contributed by atoms with Gasteiger partial charge in [-0.15, -0.1) is 0 Å². The summed E-state index contributed by atoms with van der Waals surface area (Å²) < 4.78 is 10.5. The van der Waals surface area contributed by atoms with Gasteiger partial charge in [-0.25, -0.2) is 4.79 Å². The van der Waals surface area contributed by atoms with Gasteiger partial charge in [-0.2, -0.15) is 0 Å². The molecule has 0 aromatic carbocycles. The zero-order valence-electron chi connectivity index (χ0n) is 9.99. The fourth-order valence-corrected chi connectivity index (χ4v) is 2.91. The van der Waals surface area contributed by atoms with Gasteiger partial charge < -0.3 is 9.47 Å². The molecule has 1 heterocycles. The number of carbonyl (C=O) groups is 2. The summed E-state index contributed by atoms with van der Waals surface area (Å²) in [5.74, 6) is -0.195. The van der Waals surface area contributed by atoms with Crippen molar-refractivity contribution in [3.63, 3.8) is 0 Å². The Labute approximate surface area is 95.3 Å². The van der Waals surface area contributed by atoms with Gasteiger partial charge in [-0.05, 0) is 25.7 Å². The molecule has 4 atom stereocenters. The molecule has 2 aliphatic rings. The number of esters is 2. The van der Waals surface area contributed by atoms with Crippen LogP contribution < -0.4 is 0 Å². The summed E-state index contributed by atoms with van der Waals surface area (Å²) in [6, 6.07) is 0. The molecule has 1 aliphatic carbocycles. The second-order valence-corrected chi connectivity index (χ2v) is 5.17. The third-order valence-electron chi connectivity index (χ3n) is 3.78. The minimum atomic E-state index is -1.06. The van der Waals surface area contributed by atoms with Crippen molar-refractivity contribution >= 4 is 11.9 Å². The van der Waals surface area contributed by atoms with E-state index in [9.17, 15) is 9.59 Å². The minimum absolute atomic E-state index is 0.0279. The molecule has 0 unspecified atom stereocenters. The fraction of sp³-hybridized carbons (Fsp3) is 0.833. The molecule has 2 rings (SSSR count). The largest absolute Gasteiger partial charge is 0.459 e. The van der Waals surface area contributed by atoms with Crippen LogP contribution in [0, 0.1) is 11.8 Å². The van der Waals surface area contributed by atoms with Crippen LogP contribution in [0.4, 0.5) is 0 Å². The first-order chi connectivity index (χ1) is 7.43. The third-order valence-corrected chi connectivity index (χ3v) is 3.78. The smallest absolute Gasteiger partial charge is 0.351 e. The van der Waals surface area contributed by atoms with E-state index < -0.39 is 11.6 Å². The summed E-state index contributed by atoms with van der Waals surface area (Å²) in [6.07, 6.45) is 2.77. The first kappa shape index (κ1) is 11.4. The Balaban J connectivity index is 2.20. The van der Waals surface area contributed by atoms with Gasteiger partial charge in [0.25, 0.3) is 0 Å². The Morgan fingerprint density at radius 3 is 2.81 bits per heavy atom. The predicted molar refractivity (Wildman–Crippen MR) is 56.6 cm³/mol. The van der Waals surface area contributed by atoms with Crippen molar-refractivity contribution in [3.8, 4) is 0 Å². The van der Waals surface area contributed by atoms with Gasteiger partial charge in [0.05, 0.1) is 0 Å². The number of carbonyl (C=O) groups excluding carboxylic acids is 2. The van der Waals surface area contributed by atoms with Crippen molar-refractivity contribution in [1.29, 1.82) is 0 Å². The number of rotatable bonds is 1. The van der Waals surface area contributed by atoms with Crippen LogP contribution in [-0.2, 0) is 19.1 Å². The van der Waals surface area contributed by atoms with Gasteiger partial charge in [0.15, 0.2) is 0 Å². The van der Waals surface area contributed by atoms with Crippen LogP contribution in [-0.4, -0.2) is 23.6 Å². The Morgan fingerprint density at radius 2 is 2.19 bits per heavy atom. The van der Waals surface area contributed by atoms with Crippen LogP contribution in [0.2, 0.25) is 0 Å². The van der Waals surface area contributed by atoms with E-state index in [0.717, 1.165) is 19.3 Å². The Bertz CT molecular complexity index is 325. The molecule has 0 radical (unpaired) electrons. The molecule has 1 saturated heterocycles. The van der Waals surface area contributed by atoms with E-state index in [4.69, 9.17) is 9.47 Å². The number of ether oxygens (including phenoxy) is 2. The van der Waals surface area contributed by atoms with Crippen molar-refractivity contribution < 1.29 is 19.1 Å². The van der Waals surface area contributed by atoms with E-state index in [-0.39, 0.29) is 18.0 Å². The highest BCUT2D eigenvalue weighted by Crippen LogP contribution is 2.44. The molecule has 0 aromatic heterocycles. The van der Waals surface area contributed by atoms with Crippen LogP contribution in [0.25, 0.3) is 0 Å². The van der Waals surface area contributed by atoms with Crippen LogP contribution in [0.1, 0.15) is 40.0 Å². The van der Waals surface area contributed by atoms with Gasteiger partial charge in [-0.3, -0.25) is 4.79 Å². The molecule has 90 valence electrons. The standard InChI is InChI=1S/C12H18O4/c1-7-4-5-9-10(6-7)15-11(14)12(9,3)16-8(2)13/h7,9-10H,4-6H2,1-3H3/t7-,9-,10-,12-/m1/s1. The van der Waals surface area contributed by atoms with E-state index in [2.05, 4.69) is 6.92 Å². The monoisotopic (exact) mass is 226 g/mol. The van der Waals surface area contributed by atoms with Crippen molar-refractivity contribution in [2.45, 2.75) is 51.7 Å². The molecule has 16 heavy (non-hydrogen) atoms. The lowest BCUT2D eigenvalue weighted by atomic mass is 9.74. The molecule has 4 heteroatoms. The highest BCUT2D eigenvalue weighted by molar-refractivity contribution is 5.85. The minimum Gasteiger partial charge on any atom is -0.459 e. The maximum Gasteiger partial charge on any atom is 0.351 e. The molecule has 0 amide bonds. The number of hydrogen-bond donors (Lipinski definition) is 0. The summed E-state index contributed by atoms with van der Waals surface area (Å²) in [6.45, 7) is 5.17. The zero-order valence-corrected chi connectivity index (χ0v) is 9.99. The van der Waals surface area contributed by atoms with E-state index in [1.807, 2.05) is 0 Å².